The summed E-state index contributed by atoms with van der Waals surface area (Å²) in [7, 11) is 0. The predicted molar refractivity (Wildman–Crippen MR) is 74.8 cm³/mol. The topological polar surface area (TPSA) is 69.6 Å². The molecular weight excluding hydrogens is 275 g/mol. The van der Waals surface area contributed by atoms with Crippen molar-refractivity contribution in [1.29, 1.82) is 0 Å². The third-order valence-electron chi connectivity index (χ3n) is 3.42. The first-order valence-corrected chi connectivity index (χ1v) is 6.94. The van der Waals surface area contributed by atoms with E-state index in [9.17, 15) is 19.1 Å². The zero-order valence-electron chi connectivity index (χ0n) is 12.0. The fourth-order valence-corrected chi connectivity index (χ4v) is 2.34. The van der Waals surface area contributed by atoms with Gasteiger partial charge in [-0.1, -0.05) is 26.0 Å². The summed E-state index contributed by atoms with van der Waals surface area (Å²) in [5, 5.41) is 12.7. The highest BCUT2D eigenvalue weighted by molar-refractivity contribution is 6.04. The number of rotatable bonds is 5. The number of β-amino-alcohol motifs (C(OH)–C–C–N with tert-alkyl or cyclic N) is 1. The minimum atomic E-state index is -1.03. The lowest BCUT2D eigenvalue weighted by Crippen LogP contribution is -2.35. The van der Waals surface area contributed by atoms with Crippen LogP contribution in [0.1, 0.15) is 31.9 Å². The van der Waals surface area contributed by atoms with Crippen LogP contribution < -0.4 is 5.32 Å². The average Bonchev–Trinajstić information content (AvgIpc) is 2.66. The maximum Gasteiger partial charge on any atom is 0.324 e. The molecule has 0 saturated carbocycles. The monoisotopic (exact) mass is 294 g/mol. The summed E-state index contributed by atoms with van der Waals surface area (Å²) in [5.74, 6) is -0.450. The maximum atomic E-state index is 12.8. The summed E-state index contributed by atoms with van der Waals surface area (Å²) in [6.45, 7) is 3.80. The van der Waals surface area contributed by atoms with E-state index in [1.54, 1.807) is 0 Å². The van der Waals surface area contributed by atoms with Crippen LogP contribution in [0.4, 0.5) is 9.18 Å². The molecule has 114 valence electrons. The Hall–Kier alpha value is -1.95. The first kappa shape index (κ1) is 15.4. The number of aliphatic hydroxyl groups excluding tert-OH is 1. The van der Waals surface area contributed by atoms with Gasteiger partial charge in [-0.15, -0.1) is 0 Å². The van der Waals surface area contributed by atoms with Gasteiger partial charge in [0, 0.05) is 0 Å². The first-order chi connectivity index (χ1) is 9.88. The molecular formula is C15H19FN2O3. The normalized spacial score (nSPS) is 20.0. The van der Waals surface area contributed by atoms with Gasteiger partial charge in [-0.2, -0.15) is 0 Å². The van der Waals surface area contributed by atoms with Crippen LogP contribution in [0.25, 0.3) is 0 Å². The molecule has 2 rings (SSSR count). The van der Waals surface area contributed by atoms with E-state index in [1.807, 2.05) is 13.8 Å². The van der Waals surface area contributed by atoms with E-state index in [0.29, 0.717) is 12.0 Å². The summed E-state index contributed by atoms with van der Waals surface area (Å²) < 4.78 is 12.8. The van der Waals surface area contributed by atoms with Gasteiger partial charge in [0.05, 0.1) is 12.6 Å². The van der Waals surface area contributed by atoms with Crippen molar-refractivity contribution in [2.45, 2.75) is 32.4 Å². The molecule has 1 aromatic carbocycles. The van der Waals surface area contributed by atoms with E-state index in [0.717, 1.165) is 4.90 Å². The van der Waals surface area contributed by atoms with Gasteiger partial charge in [0.15, 0.2) is 0 Å². The summed E-state index contributed by atoms with van der Waals surface area (Å²) in [4.78, 5) is 25.0. The molecule has 6 heteroatoms. The van der Waals surface area contributed by atoms with Crippen molar-refractivity contribution >= 4 is 11.9 Å². The smallest absolute Gasteiger partial charge is 0.324 e. The number of urea groups is 1. The van der Waals surface area contributed by atoms with Gasteiger partial charge in [-0.25, -0.2) is 9.18 Å². The number of aliphatic hydroxyl groups is 1. The van der Waals surface area contributed by atoms with Crippen LogP contribution in [0.2, 0.25) is 0 Å². The third-order valence-corrected chi connectivity index (χ3v) is 3.42. The van der Waals surface area contributed by atoms with Crippen molar-refractivity contribution in [1.82, 2.24) is 10.2 Å². The van der Waals surface area contributed by atoms with Crippen LogP contribution in [0.5, 0.6) is 0 Å². The quantitative estimate of drug-likeness (QED) is 0.814. The molecule has 0 unspecified atom stereocenters. The molecule has 0 bridgehead atoms. The second-order valence-corrected chi connectivity index (χ2v) is 5.65. The van der Waals surface area contributed by atoms with Crippen LogP contribution in [-0.4, -0.2) is 34.5 Å². The molecule has 1 heterocycles. The molecule has 1 aliphatic heterocycles. The second kappa shape index (κ2) is 6.22. The molecule has 1 aromatic rings. The first-order valence-electron chi connectivity index (χ1n) is 6.94. The summed E-state index contributed by atoms with van der Waals surface area (Å²) in [5.41, 5.74) is 0.462. The Kier molecular flexibility index (Phi) is 4.57. The molecule has 2 atom stereocenters. The molecule has 3 amide bonds. The van der Waals surface area contributed by atoms with Gasteiger partial charge >= 0.3 is 6.03 Å². The predicted octanol–water partition coefficient (Wildman–Crippen LogP) is 1.83. The van der Waals surface area contributed by atoms with Gasteiger partial charge in [-0.05, 0) is 30.0 Å². The molecule has 1 saturated heterocycles. The van der Waals surface area contributed by atoms with Crippen molar-refractivity contribution in [3.05, 3.63) is 35.6 Å². The number of nitrogens with one attached hydrogen (secondary N) is 1. The summed E-state index contributed by atoms with van der Waals surface area (Å²) in [6, 6.07) is 4.30. The number of carbonyl (C=O) groups is 2. The number of hydrogen-bond acceptors (Lipinski definition) is 3. The largest absolute Gasteiger partial charge is 0.387 e. The Bertz CT molecular complexity index is 530. The molecule has 5 nitrogen and oxygen atoms in total. The highest BCUT2D eigenvalue weighted by atomic mass is 19.1. The molecule has 0 spiro atoms. The second-order valence-electron chi connectivity index (χ2n) is 5.65. The standard InChI is InChI=1S/C15H19FN2O3/c1-9(2)7-12-14(20)18(15(21)17-12)8-13(19)10-3-5-11(16)6-4-10/h3-6,9,12-13,19H,7-8H2,1-2H3,(H,17,21)/t12-,13+/m1/s1. The Balaban J connectivity index is 2.03. The summed E-state index contributed by atoms with van der Waals surface area (Å²) >= 11 is 0. The Morgan fingerprint density at radius 3 is 2.48 bits per heavy atom. The van der Waals surface area contributed by atoms with Gasteiger partial charge in [0.25, 0.3) is 5.91 Å². The molecule has 21 heavy (non-hydrogen) atoms. The highest BCUT2D eigenvalue weighted by Gasteiger charge is 2.38. The number of benzene rings is 1. The Morgan fingerprint density at radius 1 is 1.29 bits per heavy atom. The van der Waals surface area contributed by atoms with Crippen molar-refractivity contribution in [2.75, 3.05) is 6.54 Å². The lowest BCUT2D eigenvalue weighted by molar-refractivity contribution is -0.128. The van der Waals surface area contributed by atoms with E-state index in [1.165, 1.54) is 24.3 Å². The SMILES string of the molecule is CC(C)C[C@H]1NC(=O)N(C[C@H](O)c2ccc(F)cc2)C1=O. The van der Waals surface area contributed by atoms with Gasteiger partial charge < -0.3 is 10.4 Å². The van der Waals surface area contributed by atoms with Crippen molar-refractivity contribution in [3.63, 3.8) is 0 Å². The fraction of sp³-hybridized carbons (Fsp3) is 0.467. The zero-order valence-corrected chi connectivity index (χ0v) is 12.0. The maximum absolute atomic E-state index is 12.8. The van der Waals surface area contributed by atoms with Gasteiger partial charge in [0.1, 0.15) is 11.9 Å². The van der Waals surface area contributed by atoms with E-state index in [-0.39, 0.29) is 18.4 Å². The summed E-state index contributed by atoms with van der Waals surface area (Å²) in [6.07, 6.45) is -0.466. The van der Waals surface area contributed by atoms with Crippen LogP contribution in [0, 0.1) is 11.7 Å². The molecule has 1 aliphatic rings. The molecule has 0 aliphatic carbocycles. The van der Waals surface area contributed by atoms with E-state index in [4.69, 9.17) is 0 Å². The lowest BCUT2D eigenvalue weighted by atomic mass is 10.0. The number of amides is 3. The van der Waals surface area contributed by atoms with Crippen molar-refractivity contribution < 1.29 is 19.1 Å². The Labute approximate surface area is 122 Å². The van der Waals surface area contributed by atoms with Gasteiger partial charge in [-0.3, -0.25) is 9.69 Å². The van der Waals surface area contributed by atoms with Crippen LogP contribution >= 0.6 is 0 Å². The molecule has 2 N–H and O–H groups in total. The number of imide groups is 1. The number of nitrogens with zero attached hydrogens (tertiary/aromatic N) is 1. The molecule has 0 aromatic heterocycles. The van der Waals surface area contributed by atoms with Crippen molar-refractivity contribution in [2.24, 2.45) is 5.92 Å². The molecule has 0 radical (unpaired) electrons. The van der Waals surface area contributed by atoms with E-state index < -0.39 is 24.0 Å². The van der Waals surface area contributed by atoms with Crippen LogP contribution in [0.3, 0.4) is 0 Å². The van der Waals surface area contributed by atoms with Crippen LogP contribution in [-0.2, 0) is 4.79 Å². The Morgan fingerprint density at radius 2 is 1.90 bits per heavy atom. The minimum absolute atomic E-state index is 0.134. The third kappa shape index (κ3) is 3.58. The minimum Gasteiger partial charge on any atom is -0.387 e. The lowest BCUT2D eigenvalue weighted by Gasteiger charge is -2.18. The zero-order chi connectivity index (χ0) is 15.6. The average molecular weight is 294 g/mol. The number of halogens is 1. The van der Waals surface area contributed by atoms with Crippen molar-refractivity contribution in [3.8, 4) is 0 Å². The number of carbonyl (C=O) groups excluding carboxylic acids is 2. The fourth-order valence-electron chi connectivity index (χ4n) is 2.34. The van der Waals surface area contributed by atoms with Crippen LogP contribution in [0.15, 0.2) is 24.3 Å². The van der Waals surface area contributed by atoms with E-state index >= 15 is 0 Å². The van der Waals surface area contributed by atoms with E-state index in [2.05, 4.69) is 5.32 Å². The highest BCUT2D eigenvalue weighted by Crippen LogP contribution is 2.19. The van der Waals surface area contributed by atoms with Gasteiger partial charge in [0.2, 0.25) is 0 Å². The molecule has 1 fully saturated rings. The number of hydrogen-bond donors (Lipinski definition) is 2.